The lowest BCUT2D eigenvalue weighted by Crippen LogP contribution is -1.83. The maximum Gasteiger partial charge on any atom is 0.145 e. The third-order valence-corrected chi connectivity index (χ3v) is 1.97. The predicted octanol–water partition coefficient (Wildman–Crippen LogP) is 1.64. The minimum atomic E-state index is 0.465. The zero-order chi connectivity index (χ0) is 9.97. The van der Waals surface area contributed by atoms with Crippen molar-refractivity contribution < 1.29 is 0 Å². The summed E-state index contributed by atoms with van der Waals surface area (Å²) < 4.78 is 0. The fourth-order valence-corrected chi connectivity index (χ4v) is 1.32. The number of H-pyrrole nitrogens is 1. The van der Waals surface area contributed by atoms with Crippen LogP contribution in [0.1, 0.15) is 5.56 Å². The highest BCUT2D eigenvalue weighted by atomic mass is 15.2. The second-order valence-electron chi connectivity index (χ2n) is 2.90. The van der Waals surface area contributed by atoms with Crippen LogP contribution < -0.4 is 5.73 Å². The molecule has 1 aromatic heterocycles. The van der Waals surface area contributed by atoms with Gasteiger partial charge >= 0.3 is 0 Å². The van der Waals surface area contributed by atoms with Crippen LogP contribution in [0.2, 0.25) is 0 Å². The number of hydrogen-bond acceptors (Lipinski definition) is 2. The summed E-state index contributed by atoms with van der Waals surface area (Å²) in [6, 6.07) is 9.40. The molecule has 0 amide bonds. The molecule has 0 aliphatic carbocycles. The number of nitrogens with one attached hydrogen (secondary N) is 1. The lowest BCUT2D eigenvalue weighted by atomic mass is 10.1. The number of nitrogens with two attached hydrogens (primary N) is 1. The van der Waals surface area contributed by atoms with Crippen molar-refractivity contribution in [1.82, 2.24) is 10.2 Å². The fourth-order valence-electron chi connectivity index (χ4n) is 1.32. The molecular formula is C11H9N3. The van der Waals surface area contributed by atoms with E-state index < -0.39 is 0 Å². The highest BCUT2D eigenvalue weighted by Crippen LogP contribution is 2.21. The summed E-state index contributed by atoms with van der Waals surface area (Å²) in [6.07, 6.45) is 5.38. The van der Waals surface area contributed by atoms with E-state index in [9.17, 15) is 0 Å². The zero-order valence-corrected chi connectivity index (χ0v) is 7.49. The Bertz CT molecular complexity index is 491. The fraction of sp³-hybridized carbons (Fsp3) is 0. The van der Waals surface area contributed by atoms with E-state index in [1.165, 1.54) is 0 Å². The SMILES string of the molecule is C#Cc1ccccc1-c1cc(N)n[nH]1. The van der Waals surface area contributed by atoms with E-state index in [-0.39, 0.29) is 0 Å². The van der Waals surface area contributed by atoms with Crippen LogP contribution >= 0.6 is 0 Å². The molecule has 2 rings (SSSR count). The smallest absolute Gasteiger partial charge is 0.145 e. The lowest BCUT2D eigenvalue weighted by molar-refractivity contribution is 1.10. The average molecular weight is 183 g/mol. The third-order valence-electron chi connectivity index (χ3n) is 1.97. The van der Waals surface area contributed by atoms with Crippen molar-refractivity contribution in [1.29, 1.82) is 0 Å². The number of terminal acetylenes is 1. The highest BCUT2D eigenvalue weighted by molar-refractivity contribution is 5.69. The van der Waals surface area contributed by atoms with Gasteiger partial charge in [-0.25, -0.2) is 0 Å². The largest absolute Gasteiger partial charge is 0.382 e. The minimum absolute atomic E-state index is 0.465. The first kappa shape index (κ1) is 8.39. The molecule has 0 fully saturated rings. The van der Waals surface area contributed by atoms with Crippen molar-refractivity contribution >= 4 is 5.82 Å². The standard InChI is InChI=1S/C11H9N3/c1-2-8-5-3-4-6-9(8)10-7-11(12)14-13-10/h1,3-7H,(H3,12,13,14). The van der Waals surface area contributed by atoms with Crippen LogP contribution in [-0.2, 0) is 0 Å². The van der Waals surface area contributed by atoms with E-state index in [2.05, 4.69) is 16.1 Å². The van der Waals surface area contributed by atoms with Gasteiger partial charge < -0.3 is 5.73 Å². The number of anilines is 1. The molecule has 3 nitrogen and oxygen atoms in total. The molecule has 3 heteroatoms. The van der Waals surface area contributed by atoms with Crippen molar-refractivity contribution in [2.75, 3.05) is 5.73 Å². The highest BCUT2D eigenvalue weighted by Gasteiger charge is 2.04. The first-order chi connectivity index (χ1) is 6.81. The Morgan fingerprint density at radius 1 is 1.36 bits per heavy atom. The summed E-state index contributed by atoms with van der Waals surface area (Å²) in [4.78, 5) is 0. The van der Waals surface area contributed by atoms with Gasteiger partial charge in [-0.3, -0.25) is 5.10 Å². The average Bonchev–Trinajstić information content (AvgIpc) is 2.65. The molecule has 0 saturated heterocycles. The molecule has 0 unspecified atom stereocenters. The topological polar surface area (TPSA) is 54.7 Å². The number of aromatic amines is 1. The molecule has 0 atom stereocenters. The molecule has 1 heterocycles. The van der Waals surface area contributed by atoms with Gasteiger partial charge in [-0.1, -0.05) is 24.1 Å². The van der Waals surface area contributed by atoms with Gasteiger partial charge in [0, 0.05) is 17.2 Å². The van der Waals surface area contributed by atoms with Crippen LogP contribution in [0, 0.1) is 12.3 Å². The van der Waals surface area contributed by atoms with Gasteiger partial charge in [0.1, 0.15) is 5.82 Å². The van der Waals surface area contributed by atoms with E-state index in [1.807, 2.05) is 24.3 Å². The Morgan fingerprint density at radius 3 is 2.79 bits per heavy atom. The lowest BCUT2D eigenvalue weighted by Gasteiger charge is -1.99. The quantitative estimate of drug-likeness (QED) is 0.660. The Hall–Kier alpha value is -2.21. The molecule has 0 spiro atoms. The van der Waals surface area contributed by atoms with Crippen molar-refractivity contribution in [3.8, 4) is 23.6 Å². The molecule has 3 N–H and O–H groups in total. The Labute approximate surface area is 82.0 Å². The summed E-state index contributed by atoms with van der Waals surface area (Å²) in [5.41, 5.74) is 8.13. The van der Waals surface area contributed by atoms with Crippen molar-refractivity contribution in [3.05, 3.63) is 35.9 Å². The van der Waals surface area contributed by atoms with Crippen molar-refractivity contribution in [3.63, 3.8) is 0 Å². The molecule has 0 saturated carbocycles. The Balaban J connectivity index is 2.57. The molecule has 2 aromatic rings. The molecular weight excluding hydrogens is 174 g/mol. The molecule has 1 aromatic carbocycles. The minimum Gasteiger partial charge on any atom is -0.382 e. The van der Waals surface area contributed by atoms with E-state index in [0.29, 0.717) is 5.82 Å². The summed E-state index contributed by atoms with van der Waals surface area (Å²) in [5, 5.41) is 6.68. The first-order valence-electron chi connectivity index (χ1n) is 4.18. The van der Waals surface area contributed by atoms with Crippen LogP contribution in [0.15, 0.2) is 30.3 Å². The second-order valence-corrected chi connectivity index (χ2v) is 2.90. The predicted molar refractivity (Wildman–Crippen MR) is 56.4 cm³/mol. The van der Waals surface area contributed by atoms with E-state index in [0.717, 1.165) is 16.8 Å². The summed E-state index contributed by atoms with van der Waals surface area (Å²) in [7, 11) is 0. The Morgan fingerprint density at radius 2 is 2.14 bits per heavy atom. The molecule has 14 heavy (non-hydrogen) atoms. The normalized spacial score (nSPS) is 9.64. The van der Waals surface area contributed by atoms with Gasteiger partial charge in [0.15, 0.2) is 0 Å². The Kier molecular flexibility index (Phi) is 1.96. The number of rotatable bonds is 1. The van der Waals surface area contributed by atoms with Crippen molar-refractivity contribution in [2.45, 2.75) is 0 Å². The van der Waals surface area contributed by atoms with Crippen LogP contribution in [-0.4, -0.2) is 10.2 Å². The van der Waals surface area contributed by atoms with Gasteiger partial charge in [-0.15, -0.1) is 6.42 Å². The summed E-state index contributed by atoms with van der Waals surface area (Å²) >= 11 is 0. The number of aromatic nitrogens is 2. The zero-order valence-electron chi connectivity index (χ0n) is 7.49. The summed E-state index contributed by atoms with van der Waals surface area (Å²) in [6.45, 7) is 0. The monoisotopic (exact) mass is 183 g/mol. The van der Waals surface area contributed by atoms with E-state index in [1.54, 1.807) is 6.07 Å². The third kappa shape index (κ3) is 1.34. The van der Waals surface area contributed by atoms with Crippen LogP contribution in [0.4, 0.5) is 5.82 Å². The van der Waals surface area contributed by atoms with Crippen LogP contribution in [0.25, 0.3) is 11.3 Å². The van der Waals surface area contributed by atoms with Gasteiger partial charge in [-0.2, -0.15) is 5.10 Å². The summed E-state index contributed by atoms with van der Waals surface area (Å²) in [5.74, 6) is 3.08. The molecule has 0 aliphatic rings. The maximum atomic E-state index is 5.51. The number of nitrogen functional groups attached to an aromatic ring is 1. The maximum absolute atomic E-state index is 5.51. The van der Waals surface area contributed by atoms with Crippen molar-refractivity contribution in [2.24, 2.45) is 0 Å². The van der Waals surface area contributed by atoms with Crippen LogP contribution in [0.3, 0.4) is 0 Å². The van der Waals surface area contributed by atoms with E-state index >= 15 is 0 Å². The van der Waals surface area contributed by atoms with Crippen LogP contribution in [0.5, 0.6) is 0 Å². The molecule has 68 valence electrons. The van der Waals surface area contributed by atoms with E-state index in [4.69, 9.17) is 12.2 Å². The van der Waals surface area contributed by atoms with Gasteiger partial charge in [0.05, 0.1) is 5.69 Å². The van der Waals surface area contributed by atoms with Gasteiger partial charge in [-0.05, 0) is 6.07 Å². The van der Waals surface area contributed by atoms with Gasteiger partial charge in [0.2, 0.25) is 0 Å². The van der Waals surface area contributed by atoms with Gasteiger partial charge in [0.25, 0.3) is 0 Å². The number of benzene rings is 1. The molecule has 0 radical (unpaired) electrons. The molecule has 0 bridgehead atoms. The molecule has 0 aliphatic heterocycles. The first-order valence-corrected chi connectivity index (χ1v) is 4.18. The number of hydrogen-bond donors (Lipinski definition) is 2. The number of nitrogens with zero attached hydrogens (tertiary/aromatic N) is 1. The second kappa shape index (κ2) is 3.27.